The van der Waals surface area contributed by atoms with Gasteiger partial charge in [0.05, 0.1) is 6.61 Å². The second kappa shape index (κ2) is 3.88. The van der Waals surface area contributed by atoms with Gasteiger partial charge in [0.15, 0.2) is 0 Å². The Kier molecular flexibility index (Phi) is 2.39. The average Bonchev–Trinajstić information content (AvgIpc) is 1.35. The van der Waals surface area contributed by atoms with Gasteiger partial charge in [0, 0.05) is 6.54 Å². The van der Waals surface area contributed by atoms with E-state index in [0.29, 0.717) is 5.42 Å². The zero-order chi connectivity index (χ0) is 4.99. The van der Waals surface area contributed by atoms with Crippen LogP contribution < -0.4 is 11.3 Å². The lowest BCUT2D eigenvalue weighted by Crippen LogP contribution is -2.24. The van der Waals surface area contributed by atoms with E-state index in [1.54, 1.807) is 0 Å². The van der Waals surface area contributed by atoms with E-state index < -0.39 is 0 Å². The Balaban J connectivity index is 2.63. The molecule has 0 bridgehead atoms. The van der Waals surface area contributed by atoms with Crippen molar-refractivity contribution in [2.24, 2.45) is 5.84 Å². The highest BCUT2D eigenvalue weighted by atomic mass is 16.3. The van der Waals surface area contributed by atoms with Crippen molar-refractivity contribution in [3.8, 4) is 0 Å². The first-order valence-corrected chi connectivity index (χ1v) is 1.39. The Hall–Kier alpha value is -0.120. The van der Waals surface area contributed by atoms with Gasteiger partial charge in [-0.15, -0.1) is 0 Å². The van der Waals surface area contributed by atoms with Gasteiger partial charge in [-0.25, -0.2) is 0 Å². The van der Waals surface area contributed by atoms with Crippen LogP contribution >= 0.6 is 0 Å². The van der Waals surface area contributed by atoms with Gasteiger partial charge in [0.2, 0.25) is 0 Å². The number of nitrogens with one attached hydrogen (secondary N) is 1. The highest BCUT2D eigenvalue weighted by Crippen LogP contribution is 1.39. The lowest BCUT2D eigenvalue weighted by atomic mass is 10.7. The molecule has 0 saturated carbocycles. The van der Waals surface area contributed by atoms with Crippen molar-refractivity contribution in [2.75, 3.05) is 13.2 Å². The van der Waals surface area contributed by atoms with Crippen molar-refractivity contribution in [3.63, 3.8) is 0 Å². The van der Waals surface area contributed by atoms with Gasteiger partial charge in [-0.2, -0.15) is 0 Å². The van der Waals surface area contributed by atoms with Gasteiger partial charge in [0.25, 0.3) is 0 Å². The second-order valence-electron chi connectivity index (χ2n) is 0.630. The zero-order valence-electron chi connectivity index (χ0n) is 3.89. The molecule has 5 heavy (non-hydrogen) atoms. The SMILES string of the molecule is [2H]N(N)CCO. The average molecular weight is 77.1 g/mol. The third-order valence-electron chi connectivity index (χ3n) is 0.229. The summed E-state index contributed by atoms with van der Waals surface area (Å²) in [4.78, 5) is 0. The molecule has 0 amide bonds. The minimum atomic E-state index is -0.0556. The van der Waals surface area contributed by atoms with Gasteiger partial charge in [-0.3, -0.25) is 11.3 Å². The molecule has 0 rings (SSSR count). The topological polar surface area (TPSA) is 58.3 Å². The minimum absolute atomic E-state index is 0.0556. The third-order valence-corrected chi connectivity index (χ3v) is 0.229. The number of aliphatic hydroxyl groups excluding tert-OH is 1. The van der Waals surface area contributed by atoms with E-state index in [1.807, 2.05) is 0 Å². The molecule has 0 saturated heterocycles. The number of hydrogen-bond acceptors (Lipinski definition) is 3. The molecule has 4 N–H and O–H groups in total. The lowest BCUT2D eigenvalue weighted by Gasteiger charge is -1.84. The predicted molar refractivity (Wildman–Crippen MR) is 19.3 cm³/mol. The molecule has 0 spiro atoms. The Bertz CT molecular complexity index is 32.7. The largest absolute Gasteiger partial charge is 0.395 e. The standard InChI is InChI=1S/C2H8N2O/c3-4-1-2-5/h4-5H,1-3H2/i/hD. The highest BCUT2D eigenvalue weighted by molar-refractivity contribution is 4.24. The summed E-state index contributed by atoms with van der Waals surface area (Å²) in [7, 11) is 0. The number of hydrogen-bond donors (Lipinski definition) is 3. The molecular formula is C2H8N2O. The van der Waals surface area contributed by atoms with Gasteiger partial charge in [0.1, 0.15) is 1.41 Å². The van der Waals surface area contributed by atoms with Gasteiger partial charge < -0.3 is 5.11 Å². The fourth-order valence-electron chi connectivity index (χ4n) is 0.0577. The van der Waals surface area contributed by atoms with Crippen LogP contribution in [-0.4, -0.2) is 18.3 Å². The molecule has 0 aliphatic rings. The molecule has 0 aromatic heterocycles. The number of nitrogens with two attached hydrogens (primary N) is 1. The van der Waals surface area contributed by atoms with Crippen molar-refractivity contribution in [2.45, 2.75) is 0 Å². The molecule has 0 aliphatic heterocycles. The fourth-order valence-corrected chi connectivity index (χ4v) is 0.0577. The quantitative estimate of drug-likeness (QED) is 0.276. The molecule has 3 heteroatoms. The summed E-state index contributed by atoms with van der Waals surface area (Å²) in [6, 6.07) is 0. The Morgan fingerprint density at radius 1 is 2.20 bits per heavy atom. The molecule has 0 fully saturated rings. The molecule has 0 radical (unpaired) electrons. The van der Waals surface area contributed by atoms with E-state index >= 15 is 0 Å². The van der Waals surface area contributed by atoms with Crippen LogP contribution in [0.3, 0.4) is 0 Å². The first-order chi connectivity index (χ1) is 2.77. The second-order valence-corrected chi connectivity index (χ2v) is 0.630. The summed E-state index contributed by atoms with van der Waals surface area (Å²) in [5.41, 5.74) is 0.681. The molecule has 3 nitrogen and oxygen atoms in total. The highest BCUT2D eigenvalue weighted by Gasteiger charge is 1.66. The summed E-state index contributed by atoms with van der Waals surface area (Å²) in [6.07, 6.45) is 0. The maximum atomic E-state index is 8.00. The van der Waals surface area contributed by atoms with E-state index in [2.05, 4.69) is 0 Å². The monoisotopic (exact) mass is 77.1 g/mol. The number of rotatable bonds is 2. The van der Waals surface area contributed by atoms with Crippen LogP contribution in [0, 0.1) is 0 Å². The minimum Gasteiger partial charge on any atom is -0.395 e. The molecule has 32 valence electrons. The van der Waals surface area contributed by atoms with Crippen molar-refractivity contribution < 1.29 is 6.52 Å². The zero-order valence-corrected chi connectivity index (χ0v) is 2.89. The van der Waals surface area contributed by atoms with E-state index in [9.17, 15) is 0 Å². The summed E-state index contributed by atoms with van der Waals surface area (Å²) < 4.78 is 6.43. The van der Waals surface area contributed by atoms with Crippen LogP contribution in [0.1, 0.15) is 0 Å². The number of aliphatic hydroxyl groups is 1. The Morgan fingerprint density at radius 3 is 2.80 bits per heavy atom. The first-order valence-electron chi connectivity index (χ1n) is 1.84. The van der Waals surface area contributed by atoms with Gasteiger partial charge in [-0.05, 0) is 0 Å². The van der Waals surface area contributed by atoms with Crippen LogP contribution in [0.4, 0.5) is 0 Å². The Morgan fingerprint density at radius 2 is 2.80 bits per heavy atom. The molecule has 0 unspecified atom stereocenters. The lowest BCUT2D eigenvalue weighted by molar-refractivity contribution is 0.293. The molecule has 0 aromatic rings. The van der Waals surface area contributed by atoms with Crippen molar-refractivity contribution in [3.05, 3.63) is 0 Å². The fraction of sp³-hybridized carbons (Fsp3) is 1.00. The van der Waals surface area contributed by atoms with Gasteiger partial charge in [-0.1, -0.05) is 0 Å². The summed E-state index contributed by atoms with van der Waals surface area (Å²) in [5, 5.41) is 8.00. The molecule has 0 heterocycles. The Labute approximate surface area is 32.2 Å². The number of hydrazine groups is 1. The molecule has 0 atom stereocenters. The molecular weight excluding hydrogens is 68.0 g/mol. The van der Waals surface area contributed by atoms with Crippen LogP contribution in [0.2, 0.25) is 1.41 Å². The van der Waals surface area contributed by atoms with Crippen molar-refractivity contribution >= 4 is 0 Å². The van der Waals surface area contributed by atoms with Crippen molar-refractivity contribution in [1.82, 2.24) is 5.42 Å². The van der Waals surface area contributed by atoms with E-state index in [0.717, 1.165) is 0 Å². The van der Waals surface area contributed by atoms with E-state index in [4.69, 9.17) is 12.4 Å². The molecule has 0 aromatic carbocycles. The summed E-state index contributed by atoms with van der Waals surface area (Å²) in [6.45, 7) is 0.153. The third kappa shape index (κ3) is 3.88. The van der Waals surface area contributed by atoms with Crippen LogP contribution in [0.5, 0.6) is 0 Å². The van der Waals surface area contributed by atoms with Gasteiger partial charge >= 0.3 is 0 Å². The predicted octanol–water partition coefficient (Wildman–Crippen LogP) is -1.56. The summed E-state index contributed by atoms with van der Waals surface area (Å²) >= 11 is 0. The first kappa shape index (κ1) is 3.08. The normalized spacial score (nSPS) is 12.2. The summed E-state index contributed by atoms with van der Waals surface area (Å²) in [5.74, 6) is 4.74. The van der Waals surface area contributed by atoms with Crippen LogP contribution in [0.15, 0.2) is 0 Å². The van der Waals surface area contributed by atoms with Crippen LogP contribution in [0.25, 0.3) is 0 Å². The maximum Gasteiger partial charge on any atom is 0.141 e. The van der Waals surface area contributed by atoms with Crippen LogP contribution in [-0.2, 0) is 0 Å². The van der Waals surface area contributed by atoms with E-state index in [1.165, 1.54) is 0 Å². The maximum absolute atomic E-state index is 8.00. The van der Waals surface area contributed by atoms with E-state index in [-0.39, 0.29) is 13.2 Å². The molecule has 0 aliphatic carbocycles. The smallest absolute Gasteiger partial charge is 0.141 e. The van der Waals surface area contributed by atoms with Crippen molar-refractivity contribution in [1.29, 1.82) is 0 Å².